The monoisotopic (exact) mass is 357 g/mol. The fraction of sp³-hybridized carbons (Fsp3) is 0.304. The summed E-state index contributed by atoms with van der Waals surface area (Å²) in [6.45, 7) is 11.5. The van der Waals surface area contributed by atoms with Crippen LogP contribution in [0.15, 0.2) is 36.5 Å². The van der Waals surface area contributed by atoms with Crippen molar-refractivity contribution in [3.8, 4) is 11.1 Å². The smallest absolute Gasteiger partial charge is 0.190 e. The van der Waals surface area contributed by atoms with Crippen LogP contribution in [0.2, 0.25) is 0 Å². The summed E-state index contributed by atoms with van der Waals surface area (Å²) in [5.74, 6) is 0.362. The van der Waals surface area contributed by atoms with Gasteiger partial charge in [0.25, 0.3) is 0 Å². The molecule has 2 N–H and O–H groups in total. The molecule has 0 spiro atoms. The quantitative estimate of drug-likeness (QED) is 0.469. The maximum atomic E-state index is 11.7. The number of fused-ring (bicyclic) bond motifs is 1. The number of benzene rings is 2. The van der Waals surface area contributed by atoms with Crippen LogP contribution < -0.4 is 5.73 Å². The van der Waals surface area contributed by atoms with Gasteiger partial charge in [0, 0.05) is 41.8 Å². The van der Waals surface area contributed by atoms with Gasteiger partial charge in [-0.15, -0.1) is 0 Å². The van der Waals surface area contributed by atoms with Crippen LogP contribution in [-0.4, -0.2) is 10.4 Å². The van der Waals surface area contributed by atoms with Crippen LogP contribution in [0.5, 0.6) is 0 Å². The summed E-state index contributed by atoms with van der Waals surface area (Å²) >= 11 is 0. The van der Waals surface area contributed by atoms with E-state index in [1.54, 1.807) is 0 Å². The number of ketones is 1. The Balaban J connectivity index is 1.97. The second-order valence-electron chi connectivity index (χ2n) is 7.51. The summed E-state index contributed by atoms with van der Waals surface area (Å²) in [6, 6.07) is 10.4. The number of anilines is 1. The predicted molar refractivity (Wildman–Crippen MR) is 110 cm³/mol. The van der Waals surface area contributed by atoms with Gasteiger partial charge in [0.2, 0.25) is 0 Å². The predicted octanol–water partition coefficient (Wildman–Crippen LogP) is 5.74. The molecular formula is C23H23N3O. The van der Waals surface area contributed by atoms with E-state index in [9.17, 15) is 4.79 Å². The van der Waals surface area contributed by atoms with Gasteiger partial charge in [-0.1, -0.05) is 12.1 Å². The summed E-state index contributed by atoms with van der Waals surface area (Å²) in [7, 11) is 0. The fourth-order valence-corrected chi connectivity index (χ4v) is 4.17. The zero-order valence-electron chi connectivity index (χ0n) is 15.7. The van der Waals surface area contributed by atoms with Crippen molar-refractivity contribution in [3.63, 3.8) is 0 Å². The van der Waals surface area contributed by atoms with E-state index in [-0.39, 0.29) is 0 Å². The summed E-state index contributed by atoms with van der Waals surface area (Å²) in [6.07, 6.45) is 5.25. The minimum absolute atomic E-state index is 0.318. The highest BCUT2D eigenvalue weighted by atomic mass is 16.1. The Morgan fingerprint density at radius 2 is 1.89 bits per heavy atom. The average Bonchev–Trinajstić information content (AvgIpc) is 3.02. The van der Waals surface area contributed by atoms with Crippen LogP contribution in [0.25, 0.3) is 26.9 Å². The van der Waals surface area contributed by atoms with Gasteiger partial charge in [-0.3, -0.25) is 4.79 Å². The molecule has 0 unspecified atom stereocenters. The second-order valence-corrected chi connectivity index (χ2v) is 7.51. The van der Waals surface area contributed by atoms with Crippen LogP contribution in [0.3, 0.4) is 0 Å². The Kier molecular flexibility index (Phi) is 4.24. The molecule has 2 aromatic carbocycles. The maximum Gasteiger partial charge on any atom is 0.190 e. The lowest BCUT2D eigenvalue weighted by Gasteiger charge is -2.23. The first-order valence-corrected chi connectivity index (χ1v) is 9.39. The first-order valence-electron chi connectivity index (χ1n) is 9.39. The molecule has 1 aliphatic rings. The minimum atomic E-state index is 0.318. The molecule has 1 aromatic heterocycles. The normalized spacial score (nSPS) is 15.2. The van der Waals surface area contributed by atoms with Gasteiger partial charge in [-0.25, -0.2) is 4.85 Å². The molecule has 0 amide bonds. The zero-order valence-corrected chi connectivity index (χ0v) is 15.7. The number of aryl methyl sites for hydroxylation is 1. The molecule has 0 atom stereocenters. The molecule has 4 rings (SSSR count). The summed E-state index contributed by atoms with van der Waals surface area (Å²) < 4.78 is 2.32. The van der Waals surface area contributed by atoms with E-state index in [1.165, 1.54) is 0 Å². The van der Waals surface area contributed by atoms with Gasteiger partial charge >= 0.3 is 0 Å². The van der Waals surface area contributed by atoms with Crippen LogP contribution in [0, 0.1) is 20.4 Å². The SMILES string of the molecule is [C-]#[N+]c1cc2c(-c3cccc(N)c3C)cn(C3CCC(=O)CC3)c2cc1C. The molecule has 1 heterocycles. The van der Waals surface area contributed by atoms with Crippen LogP contribution >= 0.6 is 0 Å². The molecule has 1 saturated carbocycles. The third-order valence-corrected chi connectivity index (χ3v) is 5.84. The summed E-state index contributed by atoms with van der Waals surface area (Å²) in [5, 5.41) is 1.08. The number of nitrogen functional groups attached to an aromatic ring is 1. The number of nitrogens with two attached hydrogens (primary N) is 1. The van der Waals surface area contributed by atoms with E-state index < -0.39 is 0 Å². The number of hydrogen-bond acceptors (Lipinski definition) is 2. The Morgan fingerprint density at radius 3 is 2.59 bits per heavy atom. The highest BCUT2D eigenvalue weighted by Crippen LogP contribution is 2.40. The maximum absolute atomic E-state index is 11.7. The third kappa shape index (κ3) is 2.90. The Hall–Kier alpha value is -3.06. The van der Waals surface area contributed by atoms with E-state index >= 15 is 0 Å². The van der Waals surface area contributed by atoms with E-state index in [0.717, 1.165) is 51.7 Å². The number of hydrogen-bond donors (Lipinski definition) is 1. The van der Waals surface area contributed by atoms with Crippen molar-refractivity contribution in [2.75, 3.05) is 5.73 Å². The second kappa shape index (κ2) is 6.59. The van der Waals surface area contributed by atoms with E-state index in [1.807, 2.05) is 32.0 Å². The van der Waals surface area contributed by atoms with E-state index in [4.69, 9.17) is 12.3 Å². The average molecular weight is 357 g/mol. The highest BCUT2D eigenvalue weighted by molar-refractivity contribution is 6.00. The van der Waals surface area contributed by atoms with Crippen LogP contribution in [0.1, 0.15) is 42.9 Å². The van der Waals surface area contributed by atoms with Gasteiger partial charge in [-0.2, -0.15) is 0 Å². The van der Waals surface area contributed by atoms with Crippen molar-refractivity contribution in [1.82, 2.24) is 4.57 Å². The van der Waals surface area contributed by atoms with Gasteiger partial charge in [0.1, 0.15) is 5.78 Å². The molecule has 1 fully saturated rings. The van der Waals surface area contributed by atoms with E-state index in [2.05, 4.69) is 27.7 Å². The van der Waals surface area contributed by atoms with Gasteiger partial charge in [-0.05, 0) is 67.0 Å². The van der Waals surface area contributed by atoms with E-state index in [0.29, 0.717) is 30.4 Å². The molecule has 3 aromatic rings. The highest BCUT2D eigenvalue weighted by Gasteiger charge is 2.23. The largest absolute Gasteiger partial charge is 0.398 e. The van der Waals surface area contributed by atoms with Crippen LogP contribution in [0.4, 0.5) is 11.4 Å². The molecule has 1 aliphatic carbocycles. The van der Waals surface area contributed by atoms with Crippen molar-refractivity contribution >= 4 is 28.1 Å². The fourth-order valence-electron chi connectivity index (χ4n) is 4.17. The lowest BCUT2D eigenvalue weighted by atomic mass is 9.94. The molecule has 136 valence electrons. The lowest BCUT2D eigenvalue weighted by molar-refractivity contribution is -0.120. The van der Waals surface area contributed by atoms with Crippen molar-refractivity contribution < 1.29 is 4.79 Å². The summed E-state index contributed by atoms with van der Waals surface area (Å²) in [5.41, 5.74) is 13.0. The molecule has 4 nitrogen and oxygen atoms in total. The standard InChI is InChI=1S/C23H23N3O/c1-14-11-23-19(12-22(14)25-3)20(18-5-4-6-21(24)15(18)2)13-26(23)16-7-9-17(27)10-8-16/h4-6,11-13,16H,7-10,24H2,1-2H3. The topological polar surface area (TPSA) is 52.4 Å². The van der Waals surface area contributed by atoms with Crippen molar-refractivity contribution in [1.29, 1.82) is 0 Å². The molecule has 4 heteroatoms. The summed E-state index contributed by atoms with van der Waals surface area (Å²) in [4.78, 5) is 15.4. The molecule has 27 heavy (non-hydrogen) atoms. The first-order chi connectivity index (χ1) is 13.0. The lowest BCUT2D eigenvalue weighted by Crippen LogP contribution is -2.17. The van der Waals surface area contributed by atoms with Gasteiger partial charge in [0.05, 0.1) is 6.57 Å². The number of carbonyl (C=O) groups is 1. The molecule has 0 saturated heterocycles. The van der Waals surface area contributed by atoms with Crippen molar-refractivity contribution in [3.05, 3.63) is 59.1 Å². The van der Waals surface area contributed by atoms with Gasteiger partial charge < -0.3 is 10.3 Å². The minimum Gasteiger partial charge on any atom is -0.398 e. The Labute approximate surface area is 159 Å². The number of Topliss-reactive ketones (excluding diaryl/α,β-unsaturated/α-hetero) is 1. The van der Waals surface area contributed by atoms with Gasteiger partial charge in [0.15, 0.2) is 5.69 Å². The molecule has 0 radical (unpaired) electrons. The molecule has 0 aliphatic heterocycles. The third-order valence-electron chi connectivity index (χ3n) is 5.84. The number of nitrogens with zero attached hydrogens (tertiary/aromatic N) is 2. The zero-order chi connectivity index (χ0) is 19.1. The molecular weight excluding hydrogens is 334 g/mol. The van der Waals surface area contributed by atoms with Crippen molar-refractivity contribution in [2.45, 2.75) is 45.6 Å². The Bertz CT molecular complexity index is 1090. The number of aromatic nitrogens is 1. The first kappa shape index (κ1) is 17.4. The Morgan fingerprint density at radius 1 is 1.15 bits per heavy atom. The molecule has 0 bridgehead atoms. The van der Waals surface area contributed by atoms with Crippen molar-refractivity contribution in [2.24, 2.45) is 0 Å². The van der Waals surface area contributed by atoms with Crippen LogP contribution in [-0.2, 0) is 4.79 Å². The number of carbonyl (C=O) groups excluding carboxylic acids is 1. The number of rotatable bonds is 2.